The quantitative estimate of drug-likeness (QED) is 0.842. The third kappa shape index (κ3) is 2.17. The maximum Gasteiger partial charge on any atom is 0.227 e. The van der Waals surface area contributed by atoms with Gasteiger partial charge in [-0.15, -0.1) is 0 Å². The first-order valence-electron chi connectivity index (χ1n) is 6.69. The Bertz CT molecular complexity index is 569. The Kier molecular flexibility index (Phi) is 2.70. The van der Waals surface area contributed by atoms with Crippen LogP contribution >= 0.6 is 0 Å². The normalized spacial score (nSPS) is 19.7. The van der Waals surface area contributed by atoms with E-state index in [0.717, 1.165) is 36.2 Å². The van der Waals surface area contributed by atoms with E-state index in [4.69, 9.17) is 11.0 Å². The van der Waals surface area contributed by atoms with Gasteiger partial charge in [-0.2, -0.15) is 5.26 Å². The van der Waals surface area contributed by atoms with Crippen molar-refractivity contribution in [3.8, 4) is 6.07 Å². The van der Waals surface area contributed by atoms with Gasteiger partial charge in [-0.25, -0.2) is 0 Å². The molecule has 1 fully saturated rings. The summed E-state index contributed by atoms with van der Waals surface area (Å²) in [5.74, 6) is 0.168. The zero-order chi connectivity index (χ0) is 13.5. The van der Waals surface area contributed by atoms with Crippen molar-refractivity contribution in [3.05, 3.63) is 23.8 Å². The second-order valence-corrected chi connectivity index (χ2v) is 5.70. The first-order valence-corrected chi connectivity index (χ1v) is 6.69. The molecule has 3 rings (SSSR count). The summed E-state index contributed by atoms with van der Waals surface area (Å²) in [7, 11) is 0. The number of carbonyl (C=O) groups excluding carboxylic acids is 1. The predicted molar refractivity (Wildman–Crippen MR) is 73.4 cm³/mol. The Labute approximate surface area is 112 Å². The highest BCUT2D eigenvalue weighted by Crippen LogP contribution is 2.50. The predicted octanol–water partition coefficient (Wildman–Crippen LogP) is 2.24. The molecule has 19 heavy (non-hydrogen) atoms. The van der Waals surface area contributed by atoms with Gasteiger partial charge in [-0.05, 0) is 43.0 Å². The molecule has 4 heteroatoms. The molecular formula is C15H17N3O. The highest BCUT2D eigenvalue weighted by atomic mass is 16.2. The van der Waals surface area contributed by atoms with Gasteiger partial charge in [0.2, 0.25) is 5.91 Å². The molecule has 1 aromatic rings. The third-order valence-corrected chi connectivity index (χ3v) is 4.21. The first kappa shape index (κ1) is 12.0. The number of anilines is 2. The molecule has 1 aliphatic carbocycles. The highest BCUT2D eigenvalue weighted by molar-refractivity contribution is 5.96. The van der Waals surface area contributed by atoms with Crippen LogP contribution in [0.1, 0.15) is 31.2 Å². The minimum Gasteiger partial charge on any atom is -0.399 e. The van der Waals surface area contributed by atoms with Crippen LogP contribution in [0.3, 0.4) is 0 Å². The second-order valence-electron chi connectivity index (χ2n) is 5.70. The van der Waals surface area contributed by atoms with Crippen LogP contribution in [0.5, 0.6) is 0 Å². The van der Waals surface area contributed by atoms with Crippen LogP contribution in [0.2, 0.25) is 0 Å². The van der Waals surface area contributed by atoms with Gasteiger partial charge in [0.05, 0.1) is 6.07 Å². The number of amides is 1. The minimum absolute atomic E-state index is 0.0421. The minimum atomic E-state index is 0.0421. The SMILES string of the molecule is N#CCC1(CN2C(=O)CCc3cc(N)ccc32)CC1. The molecular weight excluding hydrogens is 238 g/mol. The van der Waals surface area contributed by atoms with Crippen LogP contribution in [0, 0.1) is 16.7 Å². The van der Waals surface area contributed by atoms with Crippen molar-refractivity contribution in [1.29, 1.82) is 5.26 Å². The molecule has 2 aliphatic rings. The molecule has 0 unspecified atom stereocenters. The summed E-state index contributed by atoms with van der Waals surface area (Å²) < 4.78 is 0. The van der Waals surface area contributed by atoms with Gasteiger partial charge in [0, 0.05) is 36.2 Å². The number of nitrogens with two attached hydrogens (primary N) is 1. The maximum atomic E-state index is 12.2. The lowest BCUT2D eigenvalue weighted by atomic mass is 9.96. The third-order valence-electron chi connectivity index (χ3n) is 4.21. The van der Waals surface area contributed by atoms with Crippen LogP contribution < -0.4 is 10.6 Å². The summed E-state index contributed by atoms with van der Waals surface area (Å²) in [4.78, 5) is 14.0. The number of hydrogen-bond donors (Lipinski definition) is 1. The van der Waals surface area contributed by atoms with E-state index in [0.29, 0.717) is 19.4 Å². The lowest BCUT2D eigenvalue weighted by Gasteiger charge is -2.32. The van der Waals surface area contributed by atoms with Crippen LogP contribution in [0.15, 0.2) is 18.2 Å². The summed E-state index contributed by atoms with van der Waals surface area (Å²) in [6.45, 7) is 0.677. The zero-order valence-corrected chi connectivity index (χ0v) is 10.9. The smallest absolute Gasteiger partial charge is 0.227 e. The van der Waals surface area contributed by atoms with E-state index < -0.39 is 0 Å². The Hall–Kier alpha value is -2.02. The molecule has 1 saturated carbocycles. The fourth-order valence-electron chi connectivity index (χ4n) is 2.82. The van der Waals surface area contributed by atoms with Gasteiger partial charge < -0.3 is 10.6 Å². The molecule has 98 valence electrons. The number of nitrogen functional groups attached to an aromatic ring is 1. The Morgan fingerprint density at radius 1 is 1.37 bits per heavy atom. The van der Waals surface area contributed by atoms with E-state index in [-0.39, 0.29) is 11.3 Å². The van der Waals surface area contributed by atoms with Crippen molar-refractivity contribution in [1.82, 2.24) is 0 Å². The van der Waals surface area contributed by atoms with Crippen molar-refractivity contribution < 1.29 is 4.79 Å². The van der Waals surface area contributed by atoms with Crippen LogP contribution in [0.25, 0.3) is 0 Å². The van der Waals surface area contributed by atoms with E-state index in [1.54, 1.807) is 0 Å². The van der Waals surface area contributed by atoms with Gasteiger partial charge >= 0.3 is 0 Å². The monoisotopic (exact) mass is 255 g/mol. The van der Waals surface area contributed by atoms with Crippen molar-refractivity contribution in [2.45, 2.75) is 32.1 Å². The van der Waals surface area contributed by atoms with Crippen molar-refractivity contribution in [2.24, 2.45) is 5.41 Å². The van der Waals surface area contributed by atoms with Gasteiger partial charge in [0.15, 0.2) is 0 Å². The van der Waals surface area contributed by atoms with Crippen LogP contribution in [0.4, 0.5) is 11.4 Å². The fraction of sp³-hybridized carbons (Fsp3) is 0.467. The van der Waals surface area contributed by atoms with Gasteiger partial charge in [-0.3, -0.25) is 4.79 Å². The van der Waals surface area contributed by atoms with E-state index >= 15 is 0 Å². The van der Waals surface area contributed by atoms with E-state index in [1.807, 2.05) is 23.1 Å². The Morgan fingerprint density at radius 3 is 2.84 bits per heavy atom. The topological polar surface area (TPSA) is 70.1 Å². The van der Waals surface area contributed by atoms with Gasteiger partial charge in [-0.1, -0.05) is 0 Å². The highest BCUT2D eigenvalue weighted by Gasteiger charge is 2.45. The number of nitriles is 1. The first-order chi connectivity index (χ1) is 9.13. The average molecular weight is 255 g/mol. The summed E-state index contributed by atoms with van der Waals surface area (Å²) in [5, 5.41) is 8.90. The lowest BCUT2D eigenvalue weighted by molar-refractivity contribution is -0.119. The molecule has 0 aromatic heterocycles. The summed E-state index contributed by atoms with van der Waals surface area (Å²) in [5.41, 5.74) is 8.71. The summed E-state index contributed by atoms with van der Waals surface area (Å²) >= 11 is 0. The van der Waals surface area contributed by atoms with E-state index in [2.05, 4.69) is 6.07 Å². The van der Waals surface area contributed by atoms with Crippen LogP contribution in [-0.2, 0) is 11.2 Å². The molecule has 0 saturated heterocycles. The molecule has 0 spiro atoms. The summed E-state index contributed by atoms with van der Waals surface area (Å²) in [6, 6.07) is 7.98. The number of benzene rings is 1. The standard InChI is InChI=1S/C15H17N3O/c16-8-7-15(5-6-15)10-18-13-3-2-12(17)9-11(13)1-4-14(18)19/h2-3,9H,1,4-7,10,17H2. The number of hydrogen-bond acceptors (Lipinski definition) is 3. The average Bonchev–Trinajstić information content (AvgIpc) is 3.13. The lowest BCUT2D eigenvalue weighted by Crippen LogP contribution is -2.39. The Balaban J connectivity index is 1.89. The maximum absolute atomic E-state index is 12.2. The van der Waals surface area contributed by atoms with E-state index in [9.17, 15) is 4.79 Å². The fourth-order valence-corrected chi connectivity index (χ4v) is 2.82. The molecule has 0 atom stereocenters. The molecule has 0 bridgehead atoms. The number of carbonyl (C=O) groups is 1. The molecule has 1 aromatic carbocycles. The van der Waals surface area contributed by atoms with Gasteiger partial charge in [0.25, 0.3) is 0 Å². The number of rotatable bonds is 3. The molecule has 2 N–H and O–H groups in total. The second kappa shape index (κ2) is 4.27. The Morgan fingerprint density at radius 2 is 2.16 bits per heavy atom. The van der Waals surface area contributed by atoms with Crippen molar-refractivity contribution >= 4 is 17.3 Å². The van der Waals surface area contributed by atoms with E-state index in [1.165, 1.54) is 0 Å². The van der Waals surface area contributed by atoms with Crippen molar-refractivity contribution in [2.75, 3.05) is 17.2 Å². The number of nitrogens with zero attached hydrogens (tertiary/aromatic N) is 2. The number of aryl methyl sites for hydroxylation is 1. The molecule has 1 amide bonds. The molecule has 1 aliphatic heterocycles. The molecule has 4 nitrogen and oxygen atoms in total. The zero-order valence-electron chi connectivity index (χ0n) is 10.9. The van der Waals surface area contributed by atoms with Gasteiger partial charge in [0.1, 0.15) is 0 Å². The van der Waals surface area contributed by atoms with Crippen LogP contribution in [-0.4, -0.2) is 12.5 Å². The largest absolute Gasteiger partial charge is 0.399 e. The molecule has 1 heterocycles. The molecule has 0 radical (unpaired) electrons. The van der Waals surface area contributed by atoms with Crippen molar-refractivity contribution in [3.63, 3.8) is 0 Å². The number of fused-ring (bicyclic) bond motifs is 1. The summed E-state index contributed by atoms with van der Waals surface area (Å²) in [6.07, 6.45) is 3.95.